The predicted octanol–water partition coefficient (Wildman–Crippen LogP) is 1.86. The molecule has 0 aliphatic carbocycles. The fourth-order valence-corrected chi connectivity index (χ4v) is 2.65. The molecule has 2 aromatic heterocycles. The van der Waals surface area contributed by atoms with Crippen LogP contribution < -0.4 is 5.32 Å². The second-order valence-electron chi connectivity index (χ2n) is 5.44. The third kappa shape index (κ3) is 3.68. The van der Waals surface area contributed by atoms with Gasteiger partial charge >= 0.3 is 0 Å². The van der Waals surface area contributed by atoms with Gasteiger partial charge in [0.15, 0.2) is 0 Å². The quantitative estimate of drug-likeness (QED) is 0.911. The lowest BCUT2D eigenvalue weighted by Crippen LogP contribution is -2.23. The Balaban J connectivity index is 1.46. The maximum absolute atomic E-state index is 11.9. The summed E-state index contributed by atoms with van der Waals surface area (Å²) in [5.41, 5.74) is 3.39. The molecular formula is C16H20N4O. The van der Waals surface area contributed by atoms with Crippen LogP contribution >= 0.6 is 0 Å². The van der Waals surface area contributed by atoms with Gasteiger partial charge in [-0.2, -0.15) is 5.10 Å². The van der Waals surface area contributed by atoms with Crippen LogP contribution in [0.3, 0.4) is 0 Å². The van der Waals surface area contributed by atoms with E-state index in [1.54, 1.807) is 12.4 Å². The van der Waals surface area contributed by atoms with Crippen molar-refractivity contribution in [1.82, 2.24) is 20.1 Å². The van der Waals surface area contributed by atoms with Gasteiger partial charge in [-0.15, -0.1) is 0 Å². The zero-order chi connectivity index (χ0) is 14.5. The number of nitrogens with zero attached hydrogens (tertiary/aromatic N) is 3. The molecule has 5 nitrogen and oxygen atoms in total. The standard InChI is InChI=1S/C16H20N4O/c21-16(5-4-13-6-8-17-9-7-13)18-12-14-11-15-3-1-2-10-20(15)19-14/h6-9,11H,1-5,10,12H2,(H,18,21). The maximum atomic E-state index is 11.9. The summed E-state index contributed by atoms with van der Waals surface area (Å²) in [5.74, 6) is 0.0674. The molecule has 0 radical (unpaired) electrons. The minimum absolute atomic E-state index is 0.0674. The van der Waals surface area contributed by atoms with Crippen molar-refractivity contribution < 1.29 is 4.79 Å². The largest absolute Gasteiger partial charge is 0.350 e. The van der Waals surface area contributed by atoms with Crippen LogP contribution in [0.5, 0.6) is 0 Å². The molecule has 2 aromatic rings. The number of nitrogens with one attached hydrogen (secondary N) is 1. The molecule has 3 heterocycles. The number of hydrogen-bond acceptors (Lipinski definition) is 3. The van der Waals surface area contributed by atoms with Crippen molar-refractivity contribution in [3.05, 3.63) is 47.5 Å². The summed E-state index contributed by atoms with van der Waals surface area (Å²) in [6.07, 6.45) is 8.29. The van der Waals surface area contributed by atoms with Crippen molar-refractivity contribution in [3.8, 4) is 0 Å². The molecule has 0 aromatic carbocycles. The molecule has 0 bridgehead atoms. The number of pyridine rings is 1. The molecule has 0 unspecified atom stereocenters. The van der Waals surface area contributed by atoms with Gasteiger partial charge in [-0.25, -0.2) is 0 Å². The van der Waals surface area contributed by atoms with E-state index in [-0.39, 0.29) is 5.91 Å². The molecule has 0 saturated heterocycles. The van der Waals surface area contributed by atoms with Crippen LogP contribution in [0.1, 0.15) is 36.2 Å². The minimum Gasteiger partial charge on any atom is -0.350 e. The van der Waals surface area contributed by atoms with Gasteiger partial charge in [0.1, 0.15) is 0 Å². The van der Waals surface area contributed by atoms with E-state index in [0.29, 0.717) is 13.0 Å². The summed E-state index contributed by atoms with van der Waals surface area (Å²) in [6.45, 7) is 1.53. The third-order valence-electron chi connectivity index (χ3n) is 3.82. The van der Waals surface area contributed by atoms with Gasteiger partial charge in [-0.3, -0.25) is 14.5 Å². The summed E-state index contributed by atoms with van der Waals surface area (Å²) in [5, 5.41) is 7.48. The molecule has 1 aliphatic heterocycles. The summed E-state index contributed by atoms with van der Waals surface area (Å²) in [7, 11) is 0. The van der Waals surface area contributed by atoms with Crippen LogP contribution in [0.4, 0.5) is 0 Å². The van der Waals surface area contributed by atoms with E-state index in [1.165, 1.54) is 18.5 Å². The SMILES string of the molecule is O=C(CCc1ccncc1)NCc1cc2n(n1)CCCC2. The number of carbonyl (C=O) groups is 1. The Morgan fingerprint density at radius 1 is 1.29 bits per heavy atom. The topological polar surface area (TPSA) is 59.8 Å². The highest BCUT2D eigenvalue weighted by atomic mass is 16.1. The van der Waals surface area contributed by atoms with Gasteiger partial charge in [0.25, 0.3) is 0 Å². The third-order valence-corrected chi connectivity index (χ3v) is 3.82. The number of amides is 1. The lowest BCUT2D eigenvalue weighted by atomic mass is 10.1. The highest BCUT2D eigenvalue weighted by Crippen LogP contribution is 2.15. The van der Waals surface area contributed by atoms with Gasteiger partial charge < -0.3 is 5.32 Å². The summed E-state index contributed by atoms with van der Waals surface area (Å²) < 4.78 is 2.07. The van der Waals surface area contributed by atoms with Gasteiger partial charge in [0.05, 0.1) is 12.2 Å². The Morgan fingerprint density at radius 3 is 2.95 bits per heavy atom. The van der Waals surface area contributed by atoms with E-state index in [4.69, 9.17) is 0 Å². The lowest BCUT2D eigenvalue weighted by molar-refractivity contribution is -0.121. The Labute approximate surface area is 124 Å². The van der Waals surface area contributed by atoms with E-state index in [0.717, 1.165) is 30.6 Å². The van der Waals surface area contributed by atoms with Crippen molar-refractivity contribution in [2.24, 2.45) is 0 Å². The average molecular weight is 284 g/mol. The fraction of sp³-hybridized carbons (Fsp3) is 0.438. The molecule has 1 aliphatic rings. The van der Waals surface area contributed by atoms with Crippen LogP contribution in [-0.4, -0.2) is 20.7 Å². The lowest BCUT2D eigenvalue weighted by Gasteiger charge is -2.11. The second-order valence-corrected chi connectivity index (χ2v) is 5.44. The number of fused-ring (bicyclic) bond motifs is 1. The van der Waals surface area contributed by atoms with Crippen LogP contribution in [0.25, 0.3) is 0 Å². The van der Waals surface area contributed by atoms with Crippen molar-refractivity contribution in [1.29, 1.82) is 0 Å². The molecular weight excluding hydrogens is 264 g/mol. The first kappa shape index (κ1) is 13.8. The second kappa shape index (κ2) is 6.52. The molecule has 3 rings (SSSR count). The van der Waals surface area contributed by atoms with Crippen LogP contribution in [0.2, 0.25) is 0 Å². The van der Waals surface area contributed by atoms with Crippen molar-refractivity contribution in [2.45, 2.75) is 45.2 Å². The molecule has 0 atom stereocenters. The van der Waals surface area contributed by atoms with Gasteiger partial charge in [-0.05, 0) is 49.4 Å². The van der Waals surface area contributed by atoms with Crippen LogP contribution in [0.15, 0.2) is 30.6 Å². The summed E-state index contributed by atoms with van der Waals surface area (Å²) in [6, 6.07) is 6.00. The minimum atomic E-state index is 0.0674. The van der Waals surface area contributed by atoms with E-state index in [9.17, 15) is 4.79 Å². The Kier molecular flexibility index (Phi) is 4.28. The number of rotatable bonds is 5. The monoisotopic (exact) mass is 284 g/mol. The van der Waals surface area contributed by atoms with E-state index in [1.807, 2.05) is 12.1 Å². The zero-order valence-corrected chi connectivity index (χ0v) is 12.1. The molecule has 21 heavy (non-hydrogen) atoms. The highest BCUT2D eigenvalue weighted by Gasteiger charge is 2.12. The van der Waals surface area contributed by atoms with Crippen molar-refractivity contribution in [2.75, 3.05) is 0 Å². The van der Waals surface area contributed by atoms with Crippen molar-refractivity contribution >= 4 is 5.91 Å². The molecule has 0 spiro atoms. The van der Waals surface area contributed by atoms with E-state index in [2.05, 4.69) is 26.1 Å². The summed E-state index contributed by atoms with van der Waals surface area (Å²) in [4.78, 5) is 15.8. The zero-order valence-electron chi connectivity index (χ0n) is 12.1. The van der Waals surface area contributed by atoms with Crippen LogP contribution in [0, 0.1) is 0 Å². The smallest absolute Gasteiger partial charge is 0.220 e. The highest BCUT2D eigenvalue weighted by molar-refractivity contribution is 5.76. The first-order chi connectivity index (χ1) is 10.3. The maximum Gasteiger partial charge on any atom is 0.220 e. The van der Waals surface area contributed by atoms with E-state index < -0.39 is 0 Å². The van der Waals surface area contributed by atoms with E-state index >= 15 is 0 Å². The number of hydrogen-bond donors (Lipinski definition) is 1. The van der Waals surface area contributed by atoms with Crippen molar-refractivity contribution in [3.63, 3.8) is 0 Å². The Hall–Kier alpha value is -2.17. The average Bonchev–Trinajstić information content (AvgIpc) is 2.95. The molecule has 1 amide bonds. The molecule has 1 N–H and O–H groups in total. The molecule has 0 fully saturated rings. The Morgan fingerprint density at radius 2 is 2.14 bits per heavy atom. The Bertz CT molecular complexity index is 582. The molecule has 0 saturated carbocycles. The number of aromatic nitrogens is 3. The number of carbonyl (C=O) groups excluding carboxylic acids is 1. The summed E-state index contributed by atoms with van der Waals surface area (Å²) >= 11 is 0. The number of aryl methyl sites for hydroxylation is 3. The first-order valence-electron chi connectivity index (χ1n) is 7.52. The van der Waals surface area contributed by atoms with Gasteiger partial charge in [-0.1, -0.05) is 0 Å². The molecule has 110 valence electrons. The predicted molar refractivity (Wildman–Crippen MR) is 79.6 cm³/mol. The first-order valence-corrected chi connectivity index (χ1v) is 7.52. The molecule has 5 heteroatoms. The van der Waals surface area contributed by atoms with Crippen LogP contribution in [-0.2, 0) is 30.7 Å². The normalized spacial score (nSPS) is 13.7. The van der Waals surface area contributed by atoms with Gasteiger partial charge in [0.2, 0.25) is 5.91 Å². The van der Waals surface area contributed by atoms with Gasteiger partial charge in [0, 0.05) is 31.1 Å². The fourth-order valence-electron chi connectivity index (χ4n) is 2.65.